The number of ether oxygens (including phenoxy) is 2. The zero-order chi connectivity index (χ0) is 31.7. The largest absolute Gasteiger partial charge is 0.507 e. The maximum absolute atomic E-state index is 15.5. The molecule has 0 amide bonds. The minimum Gasteiger partial charge on any atom is -0.507 e. The van der Waals surface area contributed by atoms with E-state index in [9.17, 15) is 14.6 Å². The molecule has 4 aromatic heterocycles. The van der Waals surface area contributed by atoms with Crippen molar-refractivity contribution in [2.24, 2.45) is 0 Å². The number of aryl methyl sites for hydroxylation is 2. The molecule has 1 aliphatic heterocycles. The summed E-state index contributed by atoms with van der Waals surface area (Å²) in [6.07, 6.45) is -1.90. The molecule has 1 aliphatic rings. The Hall–Kier alpha value is -4.22. The van der Waals surface area contributed by atoms with E-state index in [-0.39, 0.29) is 39.7 Å². The van der Waals surface area contributed by atoms with Crippen LogP contribution in [0.3, 0.4) is 0 Å². The average Bonchev–Trinajstić information content (AvgIpc) is 3.80. The van der Waals surface area contributed by atoms with E-state index in [1.165, 1.54) is 64.8 Å². The van der Waals surface area contributed by atoms with Crippen molar-refractivity contribution in [3.63, 3.8) is 0 Å². The standard InChI is InChI=1S/C29H24F3N7O4S2/c1-11(40)26-27(42-4)24(38-9-14(8-34-38)15-5-20-23(33-10-44-20)22(32)21(15)31)25(41)28(43-26)29-35-12(2)37-39(29)18-7-19-17(6-16(18)30)36-13(3)45-19/h5-11,26-28,40-41H,1-4H3/t11?,26?,27-,28-/m1/s1. The lowest BCUT2D eigenvalue weighted by molar-refractivity contribution is -0.133. The number of benzene rings is 2. The first-order valence-electron chi connectivity index (χ1n) is 13.6. The molecule has 16 heteroatoms. The number of nitrogens with zero attached hydrogens (tertiary/aromatic N) is 7. The van der Waals surface area contributed by atoms with Crippen molar-refractivity contribution in [1.29, 1.82) is 0 Å². The molecule has 0 saturated carbocycles. The molecule has 0 saturated heterocycles. The molecule has 2 aromatic carbocycles. The highest BCUT2D eigenvalue weighted by molar-refractivity contribution is 7.18. The van der Waals surface area contributed by atoms with Crippen molar-refractivity contribution in [3.8, 4) is 16.8 Å². The Morgan fingerprint density at radius 3 is 2.64 bits per heavy atom. The number of halogens is 3. The number of aromatic nitrogens is 7. The van der Waals surface area contributed by atoms with Gasteiger partial charge in [-0.25, -0.2) is 37.5 Å². The molecule has 232 valence electrons. The van der Waals surface area contributed by atoms with E-state index in [2.05, 4.69) is 25.1 Å². The fourth-order valence-corrected chi connectivity index (χ4v) is 7.06. The van der Waals surface area contributed by atoms with Crippen LogP contribution in [0.5, 0.6) is 0 Å². The number of rotatable bonds is 6. The molecule has 7 rings (SSSR count). The quantitative estimate of drug-likeness (QED) is 0.234. The molecule has 45 heavy (non-hydrogen) atoms. The van der Waals surface area contributed by atoms with Crippen molar-refractivity contribution < 1.29 is 32.9 Å². The lowest BCUT2D eigenvalue weighted by Crippen LogP contribution is -2.46. The molecule has 4 atom stereocenters. The van der Waals surface area contributed by atoms with Crippen molar-refractivity contribution in [1.82, 2.24) is 34.5 Å². The number of fused-ring (bicyclic) bond motifs is 2. The van der Waals surface area contributed by atoms with Crippen molar-refractivity contribution in [3.05, 3.63) is 76.0 Å². The summed E-state index contributed by atoms with van der Waals surface area (Å²) < 4.78 is 60.9. The van der Waals surface area contributed by atoms with Crippen molar-refractivity contribution in [2.75, 3.05) is 7.11 Å². The monoisotopic (exact) mass is 655 g/mol. The van der Waals surface area contributed by atoms with Crippen molar-refractivity contribution >= 4 is 48.8 Å². The van der Waals surface area contributed by atoms with E-state index in [1.54, 1.807) is 13.0 Å². The van der Waals surface area contributed by atoms with Gasteiger partial charge in [0, 0.05) is 30.5 Å². The molecule has 2 unspecified atom stereocenters. The van der Waals surface area contributed by atoms with Crippen LogP contribution in [0.2, 0.25) is 0 Å². The van der Waals surface area contributed by atoms with Gasteiger partial charge in [-0.15, -0.1) is 22.7 Å². The first-order valence-corrected chi connectivity index (χ1v) is 15.3. The van der Waals surface area contributed by atoms with Gasteiger partial charge in [-0.2, -0.15) is 10.2 Å². The molecule has 0 fully saturated rings. The van der Waals surface area contributed by atoms with Crippen LogP contribution in [0.15, 0.2) is 41.9 Å². The van der Waals surface area contributed by atoms with Crippen LogP contribution >= 0.6 is 22.7 Å². The average molecular weight is 656 g/mol. The van der Waals surface area contributed by atoms with Crippen LogP contribution in [-0.2, 0) is 9.47 Å². The fourth-order valence-electron chi connectivity index (χ4n) is 5.51. The fraction of sp³-hybridized carbons (Fsp3) is 0.276. The van der Waals surface area contributed by atoms with Gasteiger partial charge in [0.25, 0.3) is 0 Å². The summed E-state index contributed by atoms with van der Waals surface area (Å²) >= 11 is 2.54. The van der Waals surface area contributed by atoms with Crippen molar-refractivity contribution in [2.45, 2.75) is 45.2 Å². The van der Waals surface area contributed by atoms with Gasteiger partial charge in [-0.3, -0.25) is 0 Å². The van der Waals surface area contributed by atoms with Crippen LogP contribution in [0.1, 0.15) is 29.7 Å². The van der Waals surface area contributed by atoms with E-state index in [0.29, 0.717) is 10.2 Å². The molecule has 5 heterocycles. The summed E-state index contributed by atoms with van der Waals surface area (Å²) in [4.78, 5) is 12.7. The summed E-state index contributed by atoms with van der Waals surface area (Å²) in [6, 6.07) is 4.37. The zero-order valence-electron chi connectivity index (χ0n) is 24.1. The second-order valence-corrected chi connectivity index (χ2v) is 12.6. The lowest BCUT2D eigenvalue weighted by atomic mass is 9.98. The van der Waals surface area contributed by atoms with Crippen LogP contribution in [-0.4, -0.2) is 70.1 Å². The lowest BCUT2D eigenvalue weighted by Gasteiger charge is -2.37. The number of hydrogen-bond donors (Lipinski definition) is 2. The topological polar surface area (TPSA) is 133 Å². The highest BCUT2D eigenvalue weighted by Gasteiger charge is 2.45. The minimum absolute atomic E-state index is 0.0262. The molecule has 2 N–H and O–H groups in total. The smallest absolute Gasteiger partial charge is 0.186 e. The van der Waals surface area contributed by atoms with Gasteiger partial charge >= 0.3 is 0 Å². The van der Waals surface area contributed by atoms with Crippen LogP contribution in [0.4, 0.5) is 13.2 Å². The highest BCUT2D eigenvalue weighted by Crippen LogP contribution is 2.41. The van der Waals surface area contributed by atoms with Gasteiger partial charge in [0.1, 0.15) is 34.9 Å². The first kappa shape index (κ1) is 29.5. The van der Waals surface area contributed by atoms with E-state index in [4.69, 9.17) is 9.47 Å². The molecule has 6 aromatic rings. The molecule has 11 nitrogen and oxygen atoms in total. The Balaban J connectivity index is 1.38. The van der Waals surface area contributed by atoms with E-state index in [0.717, 1.165) is 21.0 Å². The van der Waals surface area contributed by atoms with Gasteiger partial charge in [0.05, 0.1) is 37.7 Å². The number of aliphatic hydroxyl groups is 2. The summed E-state index contributed by atoms with van der Waals surface area (Å²) in [5.74, 6) is -2.92. The Bertz CT molecular complexity index is 2140. The molecular formula is C29H24F3N7O4S2. The number of thiazole rings is 2. The maximum Gasteiger partial charge on any atom is 0.186 e. The van der Waals surface area contributed by atoms with Gasteiger partial charge in [0.2, 0.25) is 0 Å². The first-order chi connectivity index (χ1) is 21.5. The van der Waals surface area contributed by atoms with E-state index >= 15 is 8.78 Å². The van der Waals surface area contributed by atoms with Crippen LogP contribution in [0.25, 0.3) is 42.9 Å². The van der Waals surface area contributed by atoms with Gasteiger partial charge in [-0.1, -0.05) is 0 Å². The molecule has 0 radical (unpaired) electrons. The van der Waals surface area contributed by atoms with Gasteiger partial charge in [-0.05, 0) is 32.9 Å². The third-order valence-corrected chi connectivity index (χ3v) is 9.22. The zero-order valence-corrected chi connectivity index (χ0v) is 25.7. The summed E-state index contributed by atoms with van der Waals surface area (Å²) in [7, 11) is 1.36. The second-order valence-electron chi connectivity index (χ2n) is 10.5. The van der Waals surface area contributed by atoms with E-state index < -0.39 is 47.6 Å². The summed E-state index contributed by atoms with van der Waals surface area (Å²) in [5, 5.41) is 32.0. The molecular weight excluding hydrogens is 631 g/mol. The number of methoxy groups -OCH3 is 1. The minimum atomic E-state index is -1.36. The summed E-state index contributed by atoms with van der Waals surface area (Å²) in [5.41, 5.74) is 2.11. The predicted molar refractivity (Wildman–Crippen MR) is 161 cm³/mol. The van der Waals surface area contributed by atoms with E-state index in [1.807, 2.05) is 6.92 Å². The maximum atomic E-state index is 15.5. The second kappa shape index (κ2) is 11.0. The molecule has 0 aliphatic carbocycles. The molecule has 0 spiro atoms. The number of hydrogen-bond acceptors (Lipinski definition) is 11. The Morgan fingerprint density at radius 1 is 1.09 bits per heavy atom. The summed E-state index contributed by atoms with van der Waals surface area (Å²) in [6.45, 7) is 4.91. The SMILES string of the molecule is CO[C@@H]1C(n2cc(-c3cc4scnc4c(F)c3F)cn2)=C(O)[C@H](c2nc(C)nn2-c2cc3sc(C)nc3cc2F)OC1C(C)O. The number of aliphatic hydroxyl groups excluding tert-OH is 2. The van der Waals surface area contributed by atoms with Gasteiger partial charge in [0.15, 0.2) is 35.1 Å². The Labute approximate surface area is 260 Å². The third kappa shape index (κ3) is 4.80. The van der Waals surface area contributed by atoms with Crippen LogP contribution < -0.4 is 0 Å². The van der Waals surface area contributed by atoms with Gasteiger partial charge < -0.3 is 19.7 Å². The Kier molecular flexibility index (Phi) is 7.20. The molecule has 0 bridgehead atoms. The Morgan fingerprint density at radius 2 is 1.89 bits per heavy atom. The van der Waals surface area contributed by atoms with Crippen LogP contribution in [0, 0.1) is 31.3 Å². The third-order valence-electron chi connectivity index (χ3n) is 7.51. The predicted octanol–water partition coefficient (Wildman–Crippen LogP) is 5.65. The highest BCUT2D eigenvalue weighted by atomic mass is 32.1. The normalized spacial score (nSPS) is 19.7.